The SMILES string of the molecule is Cc1nccn1CCN1CCC(Br)CC1. The third-order valence-electron chi connectivity index (χ3n) is 3.10. The number of piperidine rings is 1. The molecule has 0 atom stereocenters. The summed E-state index contributed by atoms with van der Waals surface area (Å²) in [5, 5.41) is 0. The molecule has 1 aliphatic heterocycles. The van der Waals surface area contributed by atoms with Crippen molar-refractivity contribution in [2.45, 2.75) is 31.1 Å². The predicted molar refractivity (Wildman–Crippen MR) is 65.4 cm³/mol. The van der Waals surface area contributed by atoms with E-state index in [1.54, 1.807) is 0 Å². The maximum atomic E-state index is 4.23. The highest BCUT2D eigenvalue weighted by atomic mass is 79.9. The molecular formula is C11H18BrN3. The number of alkyl halides is 1. The van der Waals surface area contributed by atoms with Gasteiger partial charge in [-0.3, -0.25) is 0 Å². The molecule has 4 heteroatoms. The molecule has 0 radical (unpaired) electrons. The van der Waals surface area contributed by atoms with Crippen LogP contribution in [-0.4, -0.2) is 38.9 Å². The second-order valence-corrected chi connectivity index (χ2v) is 5.48. The summed E-state index contributed by atoms with van der Waals surface area (Å²) in [4.78, 5) is 7.51. The zero-order chi connectivity index (χ0) is 10.7. The first-order valence-electron chi connectivity index (χ1n) is 5.60. The van der Waals surface area contributed by atoms with E-state index < -0.39 is 0 Å². The Labute approximate surface area is 99.6 Å². The number of hydrogen-bond donors (Lipinski definition) is 0. The fourth-order valence-electron chi connectivity index (χ4n) is 2.01. The van der Waals surface area contributed by atoms with Gasteiger partial charge >= 0.3 is 0 Å². The van der Waals surface area contributed by atoms with E-state index in [0.717, 1.165) is 23.7 Å². The Morgan fingerprint density at radius 2 is 2.13 bits per heavy atom. The van der Waals surface area contributed by atoms with E-state index in [1.807, 2.05) is 6.20 Å². The number of nitrogens with zero attached hydrogens (tertiary/aromatic N) is 3. The van der Waals surface area contributed by atoms with Gasteiger partial charge in [0.15, 0.2) is 0 Å². The number of rotatable bonds is 3. The van der Waals surface area contributed by atoms with Crippen LogP contribution in [0.1, 0.15) is 18.7 Å². The fraction of sp³-hybridized carbons (Fsp3) is 0.727. The summed E-state index contributed by atoms with van der Waals surface area (Å²) in [6, 6.07) is 0. The molecule has 2 heterocycles. The third kappa shape index (κ3) is 3.05. The molecule has 84 valence electrons. The van der Waals surface area contributed by atoms with Gasteiger partial charge in [-0.15, -0.1) is 0 Å². The van der Waals surface area contributed by atoms with Gasteiger partial charge in [0.2, 0.25) is 0 Å². The Balaban J connectivity index is 1.77. The first-order valence-corrected chi connectivity index (χ1v) is 6.51. The second-order valence-electron chi connectivity index (χ2n) is 4.18. The van der Waals surface area contributed by atoms with E-state index in [1.165, 1.54) is 25.9 Å². The number of hydrogen-bond acceptors (Lipinski definition) is 2. The van der Waals surface area contributed by atoms with Gasteiger partial charge in [0, 0.05) is 30.3 Å². The van der Waals surface area contributed by atoms with Gasteiger partial charge in [-0.1, -0.05) is 15.9 Å². The van der Waals surface area contributed by atoms with Crippen molar-refractivity contribution in [3.8, 4) is 0 Å². The molecule has 2 rings (SSSR count). The number of aryl methyl sites for hydroxylation is 1. The Kier molecular flexibility index (Phi) is 3.81. The molecule has 0 bridgehead atoms. The second kappa shape index (κ2) is 5.12. The smallest absolute Gasteiger partial charge is 0.105 e. The van der Waals surface area contributed by atoms with Crippen molar-refractivity contribution >= 4 is 15.9 Å². The van der Waals surface area contributed by atoms with Gasteiger partial charge in [0.1, 0.15) is 5.82 Å². The molecule has 1 fully saturated rings. The number of likely N-dealkylation sites (tertiary alicyclic amines) is 1. The van der Waals surface area contributed by atoms with Crippen LogP contribution in [0.5, 0.6) is 0 Å². The van der Waals surface area contributed by atoms with Crippen molar-refractivity contribution in [1.29, 1.82) is 0 Å². The van der Waals surface area contributed by atoms with Crippen molar-refractivity contribution in [3.63, 3.8) is 0 Å². The quantitative estimate of drug-likeness (QED) is 0.785. The lowest BCUT2D eigenvalue weighted by atomic mass is 10.1. The predicted octanol–water partition coefficient (Wildman–Crippen LogP) is 2.05. The van der Waals surface area contributed by atoms with E-state index in [2.05, 4.69) is 43.5 Å². The molecule has 1 aromatic rings. The van der Waals surface area contributed by atoms with Crippen LogP contribution in [0.2, 0.25) is 0 Å². The van der Waals surface area contributed by atoms with E-state index in [0.29, 0.717) is 0 Å². The molecule has 3 nitrogen and oxygen atoms in total. The van der Waals surface area contributed by atoms with Crippen molar-refractivity contribution in [2.24, 2.45) is 0 Å². The Morgan fingerprint density at radius 3 is 2.73 bits per heavy atom. The van der Waals surface area contributed by atoms with Crippen LogP contribution in [0.4, 0.5) is 0 Å². The molecular weight excluding hydrogens is 254 g/mol. The average Bonchev–Trinajstić information content (AvgIpc) is 2.63. The average molecular weight is 272 g/mol. The van der Waals surface area contributed by atoms with E-state index in [-0.39, 0.29) is 0 Å². The van der Waals surface area contributed by atoms with Crippen LogP contribution in [-0.2, 0) is 6.54 Å². The molecule has 1 aromatic heterocycles. The molecule has 0 spiro atoms. The van der Waals surface area contributed by atoms with Gasteiger partial charge in [-0.25, -0.2) is 4.98 Å². The van der Waals surface area contributed by atoms with Crippen LogP contribution in [0, 0.1) is 6.92 Å². The molecule has 0 aliphatic carbocycles. The third-order valence-corrected chi connectivity index (χ3v) is 4.01. The van der Waals surface area contributed by atoms with E-state index >= 15 is 0 Å². The van der Waals surface area contributed by atoms with Crippen LogP contribution >= 0.6 is 15.9 Å². The number of imidazole rings is 1. The first-order chi connectivity index (χ1) is 7.25. The summed E-state index contributed by atoms with van der Waals surface area (Å²) in [7, 11) is 0. The summed E-state index contributed by atoms with van der Waals surface area (Å²) < 4.78 is 2.22. The lowest BCUT2D eigenvalue weighted by Gasteiger charge is -2.29. The van der Waals surface area contributed by atoms with Crippen molar-refractivity contribution in [3.05, 3.63) is 18.2 Å². The fourth-order valence-corrected chi connectivity index (χ4v) is 2.42. The van der Waals surface area contributed by atoms with Crippen molar-refractivity contribution in [1.82, 2.24) is 14.5 Å². The monoisotopic (exact) mass is 271 g/mol. The largest absolute Gasteiger partial charge is 0.334 e. The topological polar surface area (TPSA) is 21.1 Å². The summed E-state index contributed by atoms with van der Waals surface area (Å²) in [6.07, 6.45) is 6.50. The highest BCUT2D eigenvalue weighted by Gasteiger charge is 2.16. The lowest BCUT2D eigenvalue weighted by molar-refractivity contribution is 0.225. The zero-order valence-electron chi connectivity index (χ0n) is 9.19. The summed E-state index contributed by atoms with van der Waals surface area (Å²) in [6.45, 7) is 6.73. The summed E-state index contributed by atoms with van der Waals surface area (Å²) in [5.74, 6) is 1.12. The molecule has 15 heavy (non-hydrogen) atoms. The minimum absolute atomic E-state index is 0.740. The standard InChI is InChI=1S/C11H18BrN3/c1-10-13-4-7-15(10)9-8-14-5-2-11(12)3-6-14/h4,7,11H,2-3,5-6,8-9H2,1H3. The van der Waals surface area contributed by atoms with Crippen molar-refractivity contribution < 1.29 is 0 Å². The number of aromatic nitrogens is 2. The zero-order valence-corrected chi connectivity index (χ0v) is 10.8. The van der Waals surface area contributed by atoms with Crippen LogP contribution in [0.3, 0.4) is 0 Å². The molecule has 0 amide bonds. The molecule has 1 saturated heterocycles. The van der Waals surface area contributed by atoms with Gasteiger partial charge < -0.3 is 9.47 Å². The Hall–Kier alpha value is -0.350. The van der Waals surface area contributed by atoms with Crippen LogP contribution < -0.4 is 0 Å². The number of halogens is 1. The molecule has 0 saturated carbocycles. The molecule has 0 N–H and O–H groups in total. The minimum Gasteiger partial charge on any atom is -0.334 e. The van der Waals surface area contributed by atoms with E-state index in [4.69, 9.17) is 0 Å². The van der Waals surface area contributed by atoms with Crippen LogP contribution in [0.15, 0.2) is 12.4 Å². The highest BCUT2D eigenvalue weighted by Crippen LogP contribution is 2.17. The normalized spacial score (nSPS) is 19.6. The molecule has 1 aliphatic rings. The summed E-state index contributed by atoms with van der Waals surface area (Å²) in [5.41, 5.74) is 0. The maximum absolute atomic E-state index is 4.23. The van der Waals surface area contributed by atoms with Gasteiger partial charge in [-0.05, 0) is 32.9 Å². The molecule has 0 aromatic carbocycles. The van der Waals surface area contributed by atoms with Gasteiger partial charge in [-0.2, -0.15) is 0 Å². The Bertz CT molecular complexity index is 303. The van der Waals surface area contributed by atoms with Crippen molar-refractivity contribution in [2.75, 3.05) is 19.6 Å². The van der Waals surface area contributed by atoms with Gasteiger partial charge in [0.25, 0.3) is 0 Å². The maximum Gasteiger partial charge on any atom is 0.105 e. The summed E-state index contributed by atoms with van der Waals surface area (Å²) >= 11 is 3.68. The highest BCUT2D eigenvalue weighted by molar-refractivity contribution is 9.09. The minimum atomic E-state index is 0.740. The Morgan fingerprint density at radius 1 is 1.40 bits per heavy atom. The van der Waals surface area contributed by atoms with Gasteiger partial charge in [0.05, 0.1) is 0 Å². The first kappa shape index (κ1) is 11.1. The molecule has 0 unspecified atom stereocenters. The lowest BCUT2D eigenvalue weighted by Crippen LogP contribution is -2.36. The van der Waals surface area contributed by atoms with E-state index in [9.17, 15) is 0 Å². The van der Waals surface area contributed by atoms with Crippen LogP contribution in [0.25, 0.3) is 0 Å².